The zero-order valence-electron chi connectivity index (χ0n) is 8.52. The van der Waals surface area contributed by atoms with E-state index in [9.17, 15) is 9.59 Å². The zero-order valence-corrected chi connectivity index (χ0v) is 8.52. The van der Waals surface area contributed by atoms with Crippen LogP contribution in [0, 0.1) is 11.8 Å². The van der Waals surface area contributed by atoms with E-state index in [1.807, 2.05) is 0 Å². The van der Waals surface area contributed by atoms with Crippen LogP contribution in [0.15, 0.2) is 12.3 Å². The second-order valence-corrected chi connectivity index (χ2v) is 3.38. The number of hydrogen-bond donors (Lipinski definition) is 3. The number of rotatable bonds is 4. The maximum atomic E-state index is 11.5. The summed E-state index contributed by atoms with van der Waals surface area (Å²) in [6, 6.07) is 1.59. The highest BCUT2D eigenvalue weighted by molar-refractivity contribution is 5.93. The number of hydrogen-bond acceptors (Lipinski definition) is 3. The summed E-state index contributed by atoms with van der Waals surface area (Å²) in [6.07, 6.45) is 1.50. The molecule has 6 nitrogen and oxygen atoms in total. The minimum absolute atomic E-state index is 0.339. The molecule has 0 fully saturated rings. The normalized spacial score (nSPS) is 14.3. The molecule has 1 aromatic rings. The van der Waals surface area contributed by atoms with Gasteiger partial charge < -0.3 is 10.4 Å². The minimum Gasteiger partial charge on any atom is -0.481 e. The SMILES string of the molecule is CC(C(=O)O)C(C)C(=O)Nc1ccn[nH]1. The van der Waals surface area contributed by atoms with E-state index in [0.29, 0.717) is 5.82 Å². The molecule has 0 aliphatic carbocycles. The van der Waals surface area contributed by atoms with Crippen molar-refractivity contribution in [3.05, 3.63) is 12.3 Å². The van der Waals surface area contributed by atoms with Gasteiger partial charge in [0.1, 0.15) is 5.82 Å². The molecule has 0 spiro atoms. The number of H-pyrrole nitrogens is 1. The number of nitrogens with zero attached hydrogens (tertiary/aromatic N) is 1. The van der Waals surface area contributed by atoms with Crippen LogP contribution >= 0.6 is 0 Å². The smallest absolute Gasteiger partial charge is 0.307 e. The van der Waals surface area contributed by atoms with Crippen molar-refractivity contribution in [2.45, 2.75) is 13.8 Å². The van der Waals surface area contributed by atoms with Crippen LogP contribution in [-0.4, -0.2) is 27.2 Å². The van der Waals surface area contributed by atoms with E-state index >= 15 is 0 Å². The molecule has 0 aromatic carbocycles. The molecule has 1 rings (SSSR count). The number of aromatic nitrogens is 2. The van der Waals surface area contributed by atoms with E-state index in [0.717, 1.165) is 0 Å². The lowest BCUT2D eigenvalue weighted by Crippen LogP contribution is -2.30. The van der Waals surface area contributed by atoms with Crippen LogP contribution in [0.25, 0.3) is 0 Å². The molecule has 82 valence electrons. The summed E-state index contributed by atoms with van der Waals surface area (Å²) in [5.74, 6) is -2.17. The number of carbonyl (C=O) groups excluding carboxylic acids is 1. The Balaban J connectivity index is 2.57. The van der Waals surface area contributed by atoms with Gasteiger partial charge >= 0.3 is 5.97 Å². The molecule has 15 heavy (non-hydrogen) atoms. The van der Waals surface area contributed by atoms with Crippen LogP contribution in [0.3, 0.4) is 0 Å². The second-order valence-electron chi connectivity index (χ2n) is 3.38. The fourth-order valence-electron chi connectivity index (χ4n) is 1.01. The molecule has 0 saturated carbocycles. The van der Waals surface area contributed by atoms with Crippen LogP contribution < -0.4 is 5.32 Å². The van der Waals surface area contributed by atoms with Gasteiger partial charge in [0.25, 0.3) is 0 Å². The number of carbonyl (C=O) groups is 2. The van der Waals surface area contributed by atoms with Crippen LogP contribution in [0.1, 0.15) is 13.8 Å². The molecule has 0 saturated heterocycles. The van der Waals surface area contributed by atoms with Gasteiger partial charge in [0, 0.05) is 12.0 Å². The van der Waals surface area contributed by atoms with E-state index in [-0.39, 0.29) is 5.91 Å². The Bertz CT molecular complexity index is 347. The molecular formula is C9H13N3O3. The van der Waals surface area contributed by atoms with Gasteiger partial charge in [-0.2, -0.15) is 5.10 Å². The molecule has 1 aromatic heterocycles. The lowest BCUT2D eigenvalue weighted by Gasteiger charge is -2.14. The maximum absolute atomic E-state index is 11.5. The molecule has 0 aliphatic heterocycles. The topological polar surface area (TPSA) is 95.1 Å². The van der Waals surface area contributed by atoms with Crippen molar-refractivity contribution >= 4 is 17.7 Å². The first kappa shape index (κ1) is 11.2. The lowest BCUT2D eigenvalue weighted by molar-refractivity contribution is -0.145. The highest BCUT2D eigenvalue weighted by Crippen LogP contribution is 2.13. The average molecular weight is 211 g/mol. The minimum atomic E-state index is -0.984. The van der Waals surface area contributed by atoms with E-state index in [1.54, 1.807) is 13.0 Å². The Morgan fingerprint density at radius 2 is 2.13 bits per heavy atom. The van der Waals surface area contributed by atoms with Gasteiger partial charge in [0.2, 0.25) is 5.91 Å². The van der Waals surface area contributed by atoms with Crippen molar-refractivity contribution in [2.75, 3.05) is 5.32 Å². The van der Waals surface area contributed by atoms with Crippen molar-refractivity contribution < 1.29 is 14.7 Å². The van der Waals surface area contributed by atoms with Crippen LogP contribution in [0.4, 0.5) is 5.82 Å². The Morgan fingerprint density at radius 3 is 2.60 bits per heavy atom. The first-order chi connectivity index (χ1) is 7.02. The monoisotopic (exact) mass is 211 g/mol. The molecule has 1 amide bonds. The highest BCUT2D eigenvalue weighted by atomic mass is 16.4. The van der Waals surface area contributed by atoms with E-state index in [2.05, 4.69) is 15.5 Å². The van der Waals surface area contributed by atoms with Crippen molar-refractivity contribution in [1.82, 2.24) is 10.2 Å². The number of anilines is 1. The van der Waals surface area contributed by atoms with E-state index < -0.39 is 17.8 Å². The van der Waals surface area contributed by atoms with Gasteiger partial charge in [-0.15, -0.1) is 0 Å². The second kappa shape index (κ2) is 4.59. The van der Waals surface area contributed by atoms with Gasteiger partial charge in [-0.05, 0) is 0 Å². The molecule has 0 radical (unpaired) electrons. The van der Waals surface area contributed by atoms with Crippen LogP contribution in [0.2, 0.25) is 0 Å². The van der Waals surface area contributed by atoms with Crippen molar-refractivity contribution in [2.24, 2.45) is 11.8 Å². The third-order valence-corrected chi connectivity index (χ3v) is 2.31. The Morgan fingerprint density at radius 1 is 1.47 bits per heavy atom. The van der Waals surface area contributed by atoms with E-state index in [1.165, 1.54) is 13.1 Å². The molecule has 3 N–H and O–H groups in total. The number of amides is 1. The molecule has 2 unspecified atom stereocenters. The summed E-state index contributed by atoms with van der Waals surface area (Å²) < 4.78 is 0. The molecular weight excluding hydrogens is 198 g/mol. The third kappa shape index (κ3) is 2.80. The molecule has 2 atom stereocenters. The van der Waals surface area contributed by atoms with Gasteiger partial charge in [-0.25, -0.2) is 0 Å². The van der Waals surface area contributed by atoms with Gasteiger partial charge in [-0.1, -0.05) is 13.8 Å². The molecule has 1 heterocycles. The summed E-state index contributed by atoms with van der Waals surface area (Å²) in [5.41, 5.74) is 0. The summed E-state index contributed by atoms with van der Waals surface area (Å²) in [5, 5.41) is 17.5. The average Bonchev–Trinajstić information content (AvgIpc) is 2.67. The lowest BCUT2D eigenvalue weighted by atomic mass is 9.95. The van der Waals surface area contributed by atoms with Gasteiger partial charge in [0.15, 0.2) is 0 Å². The molecule has 0 bridgehead atoms. The van der Waals surface area contributed by atoms with Crippen LogP contribution in [0.5, 0.6) is 0 Å². The summed E-state index contributed by atoms with van der Waals surface area (Å²) >= 11 is 0. The first-order valence-electron chi connectivity index (χ1n) is 4.55. The fraction of sp³-hybridized carbons (Fsp3) is 0.444. The number of carboxylic acid groups (broad SMARTS) is 1. The van der Waals surface area contributed by atoms with Gasteiger partial charge in [-0.3, -0.25) is 14.7 Å². The van der Waals surface area contributed by atoms with E-state index in [4.69, 9.17) is 5.11 Å². The van der Waals surface area contributed by atoms with Crippen LogP contribution in [-0.2, 0) is 9.59 Å². The Kier molecular flexibility index (Phi) is 3.43. The summed E-state index contributed by atoms with van der Waals surface area (Å²) in [4.78, 5) is 22.2. The fourth-order valence-corrected chi connectivity index (χ4v) is 1.01. The predicted molar refractivity (Wildman–Crippen MR) is 53.2 cm³/mol. The largest absolute Gasteiger partial charge is 0.481 e. The summed E-state index contributed by atoms with van der Waals surface area (Å²) in [6.45, 7) is 3.07. The molecule has 0 aliphatic rings. The standard InChI is InChI=1S/C9H13N3O3/c1-5(6(2)9(14)15)8(13)11-7-3-4-10-12-7/h3-6H,1-2H3,(H,14,15)(H2,10,11,12,13). The quantitative estimate of drug-likeness (QED) is 0.683. The third-order valence-electron chi connectivity index (χ3n) is 2.31. The Hall–Kier alpha value is -1.85. The maximum Gasteiger partial charge on any atom is 0.307 e. The number of aliphatic carboxylic acids is 1. The van der Waals surface area contributed by atoms with Gasteiger partial charge in [0.05, 0.1) is 12.1 Å². The zero-order chi connectivity index (χ0) is 11.4. The van der Waals surface area contributed by atoms with Crippen molar-refractivity contribution in [3.63, 3.8) is 0 Å². The first-order valence-corrected chi connectivity index (χ1v) is 4.55. The predicted octanol–water partition coefficient (Wildman–Crippen LogP) is 0.705. The number of nitrogens with one attached hydrogen (secondary N) is 2. The Labute approximate surface area is 86.7 Å². The highest BCUT2D eigenvalue weighted by Gasteiger charge is 2.25. The molecule has 6 heteroatoms. The van der Waals surface area contributed by atoms with Crippen molar-refractivity contribution in [1.29, 1.82) is 0 Å². The number of aromatic amines is 1. The summed E-state index contributed by atoms with van der Waals surface area (Å²) in [7, 11) is 0. The number of carboxylic acids is 1. The van der Waals surface area contributed by atoms with Crippen molar-refractivity contribution in [3.8, 4) is 0 Å².